The second-order valence-electron chi connectivity index (χ2n) is 4.14. The van der Waals surface area contributed by atoms with Gasteiger partial charge in [-0.05, 0) is 40.5 Å². The van der Waals surface area contributed by atoms with Gasteiger partial charge in [-0.15, -0.1) is 12.6 Å². The molecule has 0 aromatic heterocycles. The van der Waals surface area contributed by atoms with Crippen molar-refractivity contribution in [2.45, 2.75) is 23.8 Å². The van der Waals surface area contributed by atoms with Gasteiger partial charge in [-0.1, -0.05) is 0 Å². The average Bonchev–Trinajstić information content (AvgIpc) is 2.35. The van der Waals surface area contributed by atoms with E-state index in [1.165, 1.54) is 0 Å². The molecule has 0 spiro atoms. The highest BCUT2D eigenvalue weighted by Gasteiger charge is 2.28. The summed E-state index contributed by atoms with van der Waals surface area (Å²) in [4.78, 5) is 35.3. The first-order chi connectivity index (χ1) is 8.97. The third-order valence-corrected chi connectivity index (χ3v) is 3.71. The highest BCUT2D eigenvalue weighted by Crippen LogP contribution is 2.20. The van der Waals surface area contributed by atoms with E-state index in [0.717, 1.165) is 0 Å². The van der Waals surface area contributed by atoms with Crippen molar-refractivity contribution in [3.05, 3.63) is 28.2 Å². The van der Waals surface area contributed by atoms with Crippen molar-refractivity contribution >= 4 is 46.3 Å². The fraction of sp³-hybridized carbons (Fsp3) is 0.250. The molecule has 100 valence electrons. The van der Waals surface area contributed by atoms with Crippen LogP contribution in [0.15, 0.2) is 27.6 Å². The topological polar surface area (TPSA) is 75.3 Å². The zero-order chi connectivity index (χ0) is 14.0. The van der Waals surface area contributed by atoms with E-state index in [1.807, 2.05) is 0 Å². The summed E-state index contributed by atoms with van der Waals surface area (Å²) in [7, 11) is 0. The van der Waals surface area contributed by atoms with E-state index < -0.39 is 11.9 Å². The van der Waals surface area contributed by atoms with Crippen LogP contribution in [-0.4, -0.2) is 23.8 Å². The standard InChI is InChI=1S/C12H11BrN2O3S/c13-8-2-1-6(19)5-7(8)11(17)14-9-3-4-10(16)15-12(9)18/h1-2,5,9,19H,3-4H2,(H,14,17)(H,15,16,18). The smallest absolute Gasteiger partial charge is 0.253 e. The van der Waals surface area contributed by atoms with Gasteiger partial charge in [-0.2, -0.15) is 0 Å². The molecule has 0 aliphatic carbocycles. The SMILES string of the molecule is O=C1CCC(NC(=O)c2cc(S)ccc2Br)C(=O)N1. The van der Waals surface area contributed by atoms with Gasteiger partial charge in [-0.25, -0.2) is 0 Å². The lowest BCUT2D eigenvalue weighted by Crippen LogP contribution is -2.52. The van der Waals surface area contributed by atoms with Gasteiger partial charge >= 0.3 is 0 Å². The number of imide groups is 1. The number of thiol groups is 1. The van der Waals surface area contributed by atoms with Gasteiger partial charge in [0.25, 0.3) is 5.91 Å². The summed E-state index contributed by atoms with van der Waals surface area (Å²) in [5.41, 5.74) is 0.400. The Morgan fingerprint density at radius 3 is 2.84 bits per heavy atom. The van der Waals surface area contributed by atoms with Crippen molar-refractivity contribution in [3.8, 4) is 0 Å². The average molecular weight is 343 g/mol. The van der Waals surface area contributed by atoms with E-state index in [1.54, 1.807) is 18.2 Å². The first kappa shape index (κ1) is 14.1. The Kier molecular flexibility index (Phi) is 4.26. The van der Waals surface area contributed by atoms with E-state index in [2.05, 4.69) is 39.2 Å². The maximum atomic E-state index is 12.1. The van der Waals surface area contributed by atoms with Gasteiger partial charge in [0, 0.05) is 15.8 Å². The number of benzene rings is 1. The molecule has 19 heavy (non-hydrogen) atoms. The first-order valence-corrected chi connectivity index (χ1v) is 6.84. The van der Waals surface area contributed by atoms with Crippen molar-refractivity contribution in [2.24, 2.45) is 0 Å². The van der Waals surface area contributed by atoms with Gasteiger partial charge in [0.05, 0.1) is 5.56 Å². The second-order valence-corrected chi connectivity index (χ2v) is 5.51. The summed E-state index contributed by atoms with van der Waals surface area (Å²) in [6, 6.07) is 4.38. The highest BCUT2D eigenvalue weighted by molar-refractivity contribution is 9.10. The number of amides is 3. The van der Waals surface area contributed by atoms with Crippen LogP contribution < -0.4 is 10.6 Å². The van der Waals surface area contributed by atoms with Crippen LogP contribution in [0.4, 0.5) is 0 Å². The molecule has 0 bridgehead atoms. The fourth-order valence-electron chi connectivity index (χ4n) is 1.75. The van der Waals surface area contributed by atoms with Crippen LogP contribution in [0.25, 0.3) is 0 Å². The zero-order valence-corrected chi connectivity index (χ0v) is 12.3. The Morgan fingerprint density at radius 1 is 1.42 bits per heavy atom. The van der Waals surface area contributed by atoms with Crippen molar-refractivity contribution in [1.82, 2.24) is 10.6 Å². The molecule has 1 aliphatic rings. The van der Waals surface area contributed by atoms with Crippen LogP contribution in [-0.2, 0) is 9.59 Å². The normalized spacial score (nSPS) is 18.9. The Hall–Kier alpha value is -1.34. The molecule has 1 fully saturated rings. The minimum atomic E-state index is -0.680. The Morgan fingerprint density at radius 2 is 2.16 bits per heavy atom. The predicted octanol–water partition coefficient (Wildman–Crippen LogP) is 1.27. The number of halogens is 1. The molecule has 1 heterocycles. The summed E-state index contributed by atoms with van der Waals surface area (Å²) in [5, 5.41) is 4.80. The molecule has 2 N–H and O–H groups in total. The van der Waals surface area contributed by atoms with Crippen LogP contribution in [0, 0.1) is 0 Å². The molecule has 1 saturated heterocycles. The predicted molar refractivity (Wildman–Crippen MR) is 75.0 cm³/mol. The van der Waals surface area contributed by atoms with Gasteiger partial charge < -0.3 is 5.32 Å². The summed E-state index contributed by atoms with van der Waals surface area (Å²) >= 11 is 7.44. The zero-order valence-electron chi connectivity index (χ0n) is 9.77. The molecule has 5 nitrogen and oxygen atoms in total. The summed E-state index contributed by atoms with van der Waals surface area (Å²) < 4.78 is 0.620. The summed E-state index contributed by atoms with van der Waals surface area (Å²) in [6.45, 7) is 0. The van der Waals surface area contributed by atoms with Gasteiger partial charge in [0.2, 0.25) is 11.8 Å². The third kappa shape index (κ3) is 3.36. The quantitative estimate of drug-likeness (QED) is 0.559. The molecule has 1 aliphatic heterocycles. The molecule has 0 radical (unpaired) electrons. The number of nitrogens with one attached hydrogen (secondary N) is 2. The van der Waals surface area contributed by atoms with E-state index in [9.17, 15) is 14.4 Å². The summed E-state index contributed by atoms with van der Waals surface area (Å²) in [5.74, 6) is -1.16. The molecular weight excluding hydrogens is 332 g/mol. The van der Waals surface area contributed by atoms with Gasteiger partial charge in [0.15, 0.2) is 0 Å². The number of carbonyl (C=O) groups is 3. The number of hydrogen-bond acceptors (Lipinski definition) is 4. The Balaban J connectivity index is 2.11. The number of hydrogen-bond donors (Lipinski definition) is 3. The first-order valence-electron chi connectivity index (χ1n) is 5.60. The van der Waals surface area contributed by atoms with E-state index >= 15 is 0 Å². The number of rotatable bonds is 2. The van der Waals surface area contributed by atoms with Crippen LogP contribution in [0.1, 0.15) is 23.2 Å². The highest BCUT2D eigenvalue weighted by atomic mass is 79.9. The molecule has 0 saturated carbocycles. The molecule has 1 atom stereocenters. The summed E-state index contributed by atoms with van der Waals surface area (Å²) in [6.07, 6.45) is 0.541. The minimum Gasteiger partial charge on any atom is -0.340 e. The fourth-order valence-corrected chi connectivity index (χ4v) is 2.38. The number of piperidine rings is 1. The van der Waals surface area contributed by atoms with Crippen molar-refractivity contribution in [2.75, 3.05) is 0 Å². The minimum absolute atomic E-state index is 0.227. The van der Waals surface area contributed by atoms with Crippen LogP contribution >= 0.6 is 28.6 Å². The van der Waals surface area contributed by atoms with Gasteiger partial charge in [-0.3, -0.25) is 19.7 Å². The molecule has 2 rings (SSSR count). The third-order valence-electron chi connectivity index (χ3n) is 2.74. The second kappa shape index (κ2) is 5.75. The van der Waals surface area contributed by atoms with Crippen molar-refractivity contribution in [1.29, 1.82) is 0 Å². The number of carbonyl (C=O) groups excluding carboxylic acids is 3. The molecular formula is C12H11BrN2O3S. The maximum absolute atomic E-state index is 12.1. The monoisotopic (exact) mass is 342 g/mol. The van der Waals surface area contributed by atoms with Crippen LogP contribution in [0.5, 0.6) is 0 Å². The lowest BCUT2D eigenvalue weighted by atomic mass is 10.1. The molecule has 3 amide bonds. The molecule has 1 aromatic rings. The largest absolute Gasteiger partial charge is 0.340 e. The Labute approximate surface area is 123 Å². The van der Waals surface area contributed by atoms with Crippen LogP contribution in [0.2, 0.25) is 0 Å². The van der Waals surface area contributed by atoms with E-state index in [0.29, 0.717) is 21.4 Å². The van der Waals surface area contributed by atoms with Crippen LogP contribution in [0.3, 0.4) is 0 Å². The lowest BCUT2D eigenvalue weighted by molar-refractivity contribution is -0.134. The maximum Gasteiger partial charge on any atom is 0.253 e. The van der Waals surface area contributed by atoms with E-state index in [-0.39, 0.29) is 18.2 Å². The van der Waals surface area contributed by atoms with Gasteiger partial charge in [0.1, 0.15) is 6.04 Å². The van der Waals surface area contributed by atoms with Crippen molar-refractivity contribution in [3.63, 3.8) is 0 Å². The molecule has 7 heteroatoms. The molecule has 1 unspecified atom stereocenters. The lowest BCUT2D eigenvalue weighted by Gasteiger charge is -2.22. The van der Waals surface area contributed by atoms with E-state index in [4.69, 9.17) is 0 Å². The molecule has 1 aromatic carbocycles. The van der Waals surface area contributed by atoms with Crippen molar-refractivity contribution < 1.29 is 14.4 Å². The Bertz CT molecular complexity index is 562.